The number of morpholine rings is 1. The maximum Gasteiger partial charge on any atom is 0.261 e. The van der Waals surface area contributed by atoms with E-state index in [4.69, 9.17) is 14.2 Å². The molecule has 1 aliphatic rings. The Morgan fingerprint density at radius 2 is 1.76 bits per heavy atom. The van der Waals surface area contributed by atoms with E-state index >= 15 is 0 Å². The Balaban J connectivity index is 1.65. The summed E-state index contributed by atoms with van der Waals surface area (Å²) in [5.41, 5.74) is 0.649. The molecule has 0 aromatic heterocycles. The van der Waals surface area contributed by atoms with E-state index in [-0.39, 0.29) is 37.0 Å². The van der Waals surface area contributed by atoms with E-state index in [0.29, 0.717) is 44.1 Å². The van der Waals surface area contributed by atoms with Gasteiger partial charge in [0.15, 0.2) is 6.61 Å². The molecule has 1 saturated heterocycles. The molecule has 2 aromatic rings. The molecular weight excluding hydrogens is 517 g/mol. The van der Waals surface area contributed by atoms with Gasteiger partial charge in [0.1, 0.15) is 17.6 Å². The fourth-order valence-electron chi connectivity index (χ4n) is 3.82. The molecule has 3 rings (SSSR count). The van der Waals surface area contributed by atoms with Crippen LogP contribution in [0.4, 0.5) is 4.39 Å². The molecule has 0 radical (unpaired) electrons. The zero-order valence-electron chi connectivity index (χ0n) is 21.6. The molecule has 1 aliphatic heterocycles. The van der Waals surface area contributed by atoms with Crippen LogP contribution < -0.4 is 10.1 Å². The zero-order chi connectivity index (χ0) is 27.5. The average molecular weight is 552 g/mol. The van der Waals surface area contributed by atoms with Gasteiger partial charge in [-0.3, -0.25) is 9.59 Å². The lowest BCUT2D eigenvalue weighted by molar-refractivity contribution is -0.142. The first-order chi connectivity index (χ1) is 18.2. The molecule has 2 amide bonds. The lowest BCUT2D eigenvalue weighted by Crippen LogP contribution is -2.49. The number of rotatable bonds is 13. The molecule has 0 bridgehead atoms. The summed E-state index contributed by atoms with van der Waals surface area (Å²) in [5, 5.41) is 2.79. The van der Waals surface area contributed by atoms with Crippen molar-refractivity contribution in [2.75, 3.05) is 53.2 Å². The summed E-state index contributed by atoms with van der Waals surface area (Å²) in [5.74, 6) is -0.899. The van der Waals surface area contributed by atoms with Crippen LogP contribution in [0.1, 0.15) is 18.9 Å². The van der Waals surface area contributed by atoms with E-state index in [1.54, 1.807) is 26.2 Å². The number of carbonyl (C=O) groups is 2. The minimum absolute atomic E-state index is 0.0753. The molecule has 0 saturated carbocycles. The summed E-state index contributed by atoms with van der Waals surface area (Å²) in [6, 6.07) is 10.7. The lowest BCUT2D eigenvalue weighted by Gasteiger charge is -2.29. The van der Waals surface area contributed by atoms with Crippen molar-refractivity contribution in [2.45, 2.75) is 30.8 Å². The molecule has 0 aliphatic carbocycles. The van der Waals surface area contributed by atoms with Crippen molar-refractivity contribution in [3.05, 3.63) is 59.9 Å². The van der Waals surface area contributed by atoms with Crippen LogP contribution in [0.15, 0.2) is 53.4 Å². The molecule has 0 spiro atoms. The van der Waals surface area contributed by atoms with E-state index in [9.17, 15) is 22.4 Å². The topological polar surface area (TPSA) is 114 Å². The first kappa shape index (κ1) is 29.5. The molecule has 2 aromatic carbocycles. The van der Waals surface area contributed by atoms with Crippen LogP contribution in [-0.4, -0.2) is 88.7 Å². The van der Waals surface area contributed by atoms with Gasteiger partial charge >= 0.3 is 0 Å². The summed E-state index contributed by atoms with van der Waals surface area (Å²) >= 11 is 0. The van der Waals surface area contributed by atoms with Gasteiger partial charge < -0.3 is 24.4 Å². The van der Waals surface area contributed by atoms with Gasteiger partial charge in [-0.15, -0.1) is 0 Å². The van der Waals surface area contributed by atoms with Crippen LogP contribution in [0.25, 0.3) is 0 Å². The molecule has 10 nitrogen and oxygen atoms in total. The van der Waals surface area contributed by atoms with E-state index in [2.05, 4.69) is 5.32 Å². The smallest absolute Gasteiger partial charge is 0.261 e. The lowest BCUT2D eigenvalue weighted by atomic mass is 10.1. The van der Waals surface area contributed by atoms with Crippen molar-refractivity contribution in [2.24, 2.45) is 0 Å². The normalized spacial score (nSPS) is 15.0. The van der Waals surface area contributed by atoms with Gasteiger partial charge in [0.2, 0.25) is 15.9 Å². The summed E-state index contributed by atoms with van der Waals surface area (Å²) in [7, 11) is -2.08. The van der Waals surface area contributed by atoms with Gasteiger partial charge in [-0.05, 0) is 55.3 Å². The standard InChI is InChI=1S/C26H34FN3O7S/c1-20(26(32)28-12-3-15-35-2)30(18-21-4-6-22(27)7-5-21)25(31)19-37-23-8-10-24(11-9-23)38(33,34)29-13-16-36-17-14-29/h4-11,20H,3,12-19H2,1-2H3,(H,28,32)/t20-/m1/s1. The van der Waals surface area contributed by atoms with E-state index < -0.39 is 27.8 Å². The molecule has 208 valence electrons. The van der Waals surface area contributed by atoms with Gasteiger partial charge in [-0.2, -0.15) is 4.31 Å². The monoisotopic (exact) mass is 551 g/mol. The SMILES string of the molecule is COCCCNC(=O)[C@@H](C)N(Cc1ccc(F)cc1)C(=O)COc1ccc(S(=O)(=O)N2CCOCC2)cc1. The number of hydrogen-bond donors (Lipinski definition) is 1. The predicted molar refractivity (Wildman–Crippen MR) is 137 cm³/mol. The summed E-state index contributed by atoms with van der Waals surface area (Å²) in [6.07, 6.45) is 0.626. The second-order valence-corrected chi connectivity index (χ2v) is 10.7. The fraction of sp³-hybridized carbons (Fsp3) is 0.462. The van der Waals surface area contributed by atoms with Gasteiger partial charge in [-0.1, -0.05) is 12.1 Å². The predicted octanol–water partition coefficient (Wildman–Crippen LogP) is 1.80. The Bertz CT molecular complexity index is 1150. The second kappa shape index (κ2) is 14.2. The van der Waals surface area contributed by atoms with Crippen LogP contribution in [0, 0.1) is 5.82 Å². The number of nitrogens with one attached hydrogen (secondary N) is 1. The van der Waals surface area contributed by atoms with E-state index in [1.807, 2.05) is 0 Å². The molecule has 12 heteroatoms. The highest BCUT2D eigenvalue weighted by Crippen LogP contribution is 2.21. The second-order valence-electron chi connectivity index (χ2n) is 8.74. The van der Waals surface area contributed by atoms with Crippen LogP contribution in [0.2, 0.25) is 0 Å². The maximum atomic E-state index is 13.4. The average Bonchev–Trinajstić information content (AvgIpc) is 2.94. The number of ether oxygens (including phenoxy) is 3. The summed E-state index contributed by atoms with van der Waals surface area (Å²) in [4.78, 5) is 27.3. The largest absolute Gasteiger partial charge is 0.484 e. The van der Waals surface area contributed by atoms with Crippen LogP contribution >= 0.6 is 0 Å². The first-order valence-corrected chi connectivity index (χ1v) is 13.8. The van der Waals surface area contributed by atoms with E-state index in [0.717, 1.165) is 0 Å². The van der Waals surface area contributed by atoms with Gasteiger partial charge in [0.05, 0.1) is 18.1 Å². The molecule has 38 heavy (non-hydrogen) atoms. The Labute approximate surface area is 222 Å². The quantitative estimate of drug-likeness (QED) is 0.378. The highest BCUT2D eigenvalue weighted by Gasteiger charge is 2.28. The first-order valence-electron chi connectivity index (χ1n) is 12.3. The number of hydrogen-bond acceptors (Lipinski definition) is 7. The van der Waals surface area contributed by atoms with Gasteiger partial charge in [0.25, 0.3) is 5.91 Å². The van der Waals surface area contributed by atoms with Crippen LogP contribution in [0.3, 0.4) is 0 Å². The Morgan fingerprint density at radius 1 is 1.11 bits per heavy atom. The third kappa shape index (κ3) is 8.22. The number of carbonyl (C=O) groups excluding carboxylic acids is 2. The van der Waals surface area contributed by atoms with Crippen molar-refractivity contribution >= 4 is 21.8 Å². The number of nitrogens with zero attached hydrogens (tertiary/aromatic N) is 2. The van der Waals surface area contributed by atoms with Crippen LogP contribution in [0.5, 0.6) is 5.75 Å². The Kier molecular flexibility index (Phi) is 11.0. The number of amides is 2. The highest BCUT2D eigenvalue weighted by molar-refractivity contribution is 7.89. The van der Waals surface area contributed by atoms with Crippen LogP contribution in [-0.2, 0) is 35.6 Å². The van der Waals surface area contributed by atoms with E-state index in [1.165, 1.54) is 45.6 Å². The van der Waals surface area contributed by atoms with Crippen molar-refractivity contribution < 1.29 is 36.6 Å². The van der Waals surface area contributed by atoms with Gasteiger partial charge in [-0.25, -0.2) is 12.8 Å². The van der Waals surface area contributed by atoms with Crippen molar-refractivity contribution in [3.63, 3.8) is 0 Å². The molecule has 1 fully saturated rings. The maximum absolute atomic E-state index is 13.4. The number of methoxy groups -OCH3 is 1. The summed E-state index contributed by atoms with van der Waals surface area (Å²) < 4.78 is 56.2. The number of halogens is 1. The third-order valence-electron chi connectivity index (χ3n) is 6.05. The number of benzene rings is 2. The molecule has 1 N–H and O–H groups in total. The third-order valence-corrected chi connectivity index (χ3v) is 7.96. The molecular formula is C26H34FN3O7S. The Morgan fingerprint density at radius 3 is 2.39 bits per heavy atom. The zero-order valence-corrected chi connectivity index (χ0v) is 22.4. The van der Waals surface area contributed by atoms with Crippen molar-refractivity contribution in [1.29, 1.82) is 0 Å². The fourth-order valence-corrected chi connectivity index (χ4v) is 5.22. The summed E-state index contributed by atoms with van der Waals surface area (Å²) in [6.45, 7) is 3.47. The van der Waals surface area contributed by atoms with Crippen molar-refractivity contribution in [1.82, 2.24) is 14.5 Å². The Hall–Kier alpha value is -3.06. The van der Waals surface area contributed by atoms with Crippen molar-refractivity contribution in [3.8, 4) is 5.75 Å². The minimum atomic E-state index is -3.65. The number of sulfonamides is 1. The molecule has 1 atom stereocenters. The molecule has 1 heterocycles. The highest BCUT2D eigenvalue weighted by atomic mass is 32.2. The minimum Gasteiger partial charge on any atom is -0.484 e. The molecule has 0 unspecified atom stereocenters. The van der Waals surface area contributed by atoms with Gasteiger partial charge in [0, 0.05) is 39.9 Å².